The third kappa shape index (κ3) is 1.97. The summed E-state index contributed by atoms with van der Waals surface area (Å²) in [5, 5.41) is 9.15. The fraction of sp³-hybridized carbons (Fsp3) is 0.500. The summed E-state index contributed by atoms with van der Waals surface area (Å²) in [6.07, 6.45) is 0.980. The van der Waals surface area contributed by atoms with Crippen LogP contribution in [0.2, 0.25) is 0 Å². The molecule has 2 unspecified atom stereocenters. The molecule has 82 valence electrons. The maximum absolute atomic E-state index is 13.1. The van der Waals surface area contributed by atoms with Crippen LogP contribution in [0.25, 0.3) is 0 Å². The van der Waals surface area contributed by atoms with Gasteiger partial charge in [-0.1, -0.05) is 6.07 Å². The van der Waals surface area contributed by atoms with E-state index in [1.54, 1.807) is 12.1 Å². The third-order valence-corrected chi connectivity index (χ3v) is 3.29. The predicted octanol–water partition coefficient (Wildman–Crippen LogP) is 2.03. The van der Waals surface area contributed by atoms with Gasteiger partial charge in [0.05, 0.1) is 0 Å². The first-order valence-corrected chi connectivity index (χ1v) is 5.35. The Kier molecular flexibility index (Phi) is 2.91. The van der Waals surface area contributed by atoms with Gasteiger partial charge < -0.3 is 10.0 Å². The van der Waals surface area contributed by atoms with Crippen molar-refractivity contribution in [2.45, 2.75) is 19.4 Å². The van der Waals surface area contributed by atoms with Crippen molar-refractivity contribution in [3.05, 3.63) is 30.1 Å². The quantitative estimate of drug-likeness (QED) is 0.805. The number of hydrogen-bond acceptors (Lipinski definition) is 2. The van der Waals surface area contributed by atoms with E-state index in [1.165, 1.54) is 6.07 Å². The van der Waals surface area contributed by atoms with Crippen molar-refractivity contribution in [3.63, 3.8) is 0 Å². The van der Waals surface area contributed by atoms with Gasteiger partial charge in [-0.15, -0.1) is 0 Å². The molecule has 0 amide bonds. The summed E-state index contributed by atoms with van der Waals surface area (Å²) in [5.74, 6) is 0.111. The Bertz CT molecular complexity index is 342. The van der Waals surface area contributed by atoms with Crippen LogP contribution < -0.4 is 4.90 Å². The number of rotatable bonds is 2. The summed E-state index contributed by atoms with van der Waals surface area (Å²) in [6.45, 7) is 3.20. The van der Waals surface area contributed by atoms with Crippen LogP contribution >= 0.6 is 0 Å². The van der Waals surface area contributed by atoms with Crippen LogP contribution in [0.1, 0.15) is 13.3 Å². The highest BCUT2D eigenvalue weighted by molar-refractivity contribution is 5.48. The van der Waals surface area contributed by atoms with Crippen LogP contribution in [0.3, 0.4) is 0 Å². The zero-order chi connectivity index (χ0) is 10.8. The minimum Gasteiger partial charge on any atom is -0.396 e. The summed E-state index contributed by atoms with van der Waals surface area (Å²) in [6, 6.07) is 6.93. The second-order valence-electron chi connectivity index (χ2n) is 4.15. The van der Waals surface area contributed by atoms with Gasteiger partial charge in [-0.3, -0.25) is 0 Å². The van der Waals surface area contributed by atoms with E-state index in [4.69, 9.17) is 5.11 Å². The van der Waals surface area contributed by atoms with Crippen molar-refractivity contribution in [2.24, 2.45) is 5.92 Å². The summed E-state index contributed by atoms with van der Waals surface area (Å²) < 4.78 is 13.1. The number of aliphatic hydroxyl groups is 1. The molecule has 1 aliphatic rings. The Morgan fingerprint density at radius 3 is 2.93 bits per heavy atom. The van der Waals surface area contributed by atoms with Gasteiger partial charge >= 0.3 is 0 Å². The standard InChI is InChI=1S/C12H16FNO/c1-9-10(8-15)5-6-14(9)12-4-2-3-11(13)7-12/h2-4,7,9-10,15H,5-6,8H2,1H3. The van der Waals surface area contributed by atoms with Gasteiger partial charge in [0.1, 0.15) is 5.82 Å². The third-order valence-electron chi connectivity index (χ3n) is 3.29. The van der Waals surface area contributed by atoms with E-state index >= 15 is 0 Å². The summed E-state index contributed by atoms with van der Waals surface area (Å²) in [7, 11) is 0. The molecule has 0 saturated carbocycles. The molecule has 2 atom stereocenters. The topological polar surface area (TPSA) is 23.5 Å². The molecule has 1 aliphatic heterocycles. The monoisotopic (exact) mass is 209 g/mol. The Balaban J connectivity index is 2.18. The van der Waals surface area contributed by atoms with Gasteiger partial charge in [0.2, 0.25) is 0 Å². The molecule has 1 heterocycles. The van der Waals surface area contributed by atoms with Gasteiger partial charge in [-0.05, 0) is 31.5 Å². The molecule has 0 aromatic heterocycles. The molecule has 3 heteroatoms. The lowest BCUT2D eigenvalue weighted by Gasteiger charge is -2.26. The van der Waals surface area contributed by atoms with Gasteiger partial charge in [0.15, 0.2) is 0 Å². The number of anilines is 1. The second-order valence-corrected chi connectivity index (χ2v) is 4.15. The molecular formula is C12H16FNO. The average molecular weight is 209 g/mol. The minimum atomic E-state index is -0.202. The van der Waals surface area contributed by atoms with E-state index in [0.717, 1.165) is 18.7 Å². The smallest absolute Gasteiger partial charge is 0.125 e. The molecule has 1 fully saturated rings. The lowest BCUT2D eigenvalue weighted by Crippen LogP contribution is -2.31. The largest absolute Gasteiger partial charge is 0.396 e. The fourth-order valence-corrected chi connectivity index (χ4v) is 2.27. The zero-order valence-corrected chi connectivity index (χ0v) is 8.86. The molecule has 2 nitrogen and oxygen atoms in total. The van der Waals surface area contributed by atoms with Crippen LogP contribution in [-0.4, -0.2) is 24.3 Å². The first-order valence-electron chi connectivity index (χ1n) is 5.35. The van der Waals surface area contributed by atoms with Crippen molar-refractivity contribution in [1.82, 2.24) is 0 Å². The maximum atomic E-state index is 13.1. The second kappa shape index (κ2) is 4.19. The Morgan fingerprint density at radius 2 is 2.33 bits per heavy atom. The Labute approximate surface area is 89.3 Å². The summed E-state index contributed by atoms with van der Waals surface area (Å²) in [4.78, 5) is 2.16. The lowest BCUT2D eigenvalue weighted by atomic mass is 10.0. The molecule has 0 bridgehead atoms. The predicted molar refractivity (Wildman–Crippen MR) is 58.4 cm³/mol. The molecule has 1 aromatic rings. The van der Waals surface area contributed by atoms with Crippen LogP contribution in [0.5, 0.6) is 0 Å². The first-order chi connectivity index (χ1) is 7.22. The van der Waals surface area contributed by atoms with Crippen molar-refractivity contribution in [3.8, 4) is 0 Å². The molecule has 1 saturated heterocycles. The molecule has 1 aromatic carbocycles. The molecule has 0 radical (unpaired) electrons. The van der Waals surface area contributed by atoms with Crippen molar-refractivity contribution < 1.29 is 9.50 Å². The Morgan fingerprint density at radius 1 is 1.53 bits per heavy atom. The van der Waals surface area contributed by atoms with Gasteiger partial charge in [0, 0.05) is 30.8 Å². The van der Waals surface area contributed by atoms with Crippen LogP contribution in [-0.2, 0) is 0 Å². The average Bonchev–Trinajstić information content (AvgIpc) is 2.59. The summed E-state index contributed by atoms with van der Waals surface area (Å²) >= 11 is 0. The first kappa shape index (κ1) is 10.4. The lowest BCUT2D eigenvalue weighted by molar-refractivity contribution is 0.221. The highest BCUT2D eigenvalue weighted by Crippen LogP contribution is 2.29. The van der Waals surface area contributed by atoms with E-state index in [9.17, 15) is 4.39 Å². The molecular weight excluding hydrogens is 193 g/mol. The van der Waals surface area contributed by atoms with Gasteiger partial charge in [-0.2, -0.15) is 0 Å². The number of halogens is 1. The SMILES string of the molecule is CC1C(CO)CCN1c1cccc(F)c1. The van der Waals surface area contributed by atoms with E-state index in [0.29, 0.717) is 5.92 Å². The van der Waals surface area contributed by atoms with E-state index in [2.05, 4.69) is 11.8 Å². The van der Waals surface area contributed by atoms with Crippen LogP contribution in [0, 0.1) is 11.7 Å². The summed E-state index contributed by atoms with van der Waals surface area (Å²) in [5.41, 5.74) is 0.915. The molecule has 15 heavy (non-hydrogen) atoms. The molecule has 1 N–H and O–H groups in total. The zero-order valence-electron chi connectivity index (χ0n) is 8.86. The molecule has 0 spiro atoms. The fourth-order valence-electron chi connectivity index (χ4n) is 2.27. The minimum absolute atomic E-state index is 0.202. The Hall–Kier alpha value is -1.09. The highest BCUT2D eigenvalue weighted by atomic mass is 19.1. The van der Waals surface area contributed by atoms with Crippen LogP contribution in [0.15, 0.2) is 24.3 Å². The van der Waals surface area contributed by atoms with Crippen molar-refractivity contribution in [2.75, 3.05) is 18.1 Å². The maximum Gasteiger partial charge on any atom is 0.125 e. The highest BCUT2D eigenvalue weighted by Gasteiger charge is 2.30. The van der Waals surface area contributed by atoms with Crippen LogP contribution in [0.4, 0.5) is 10.1 Å². The number of hydrogen-bond donors (Lipinski definition) is 1. The normalized spacial score (nSPS) is 25.9. The van der Waals surface area contributed by atoms with Crippen molar-refractivity contribution >= 4 is 5.69 Å². The molecule has 2 rings (SSSR count). The van der Waals surface area contributed by atoms with E-state index in [1.807, 2.05) is 6.07 Å². The van der Waals surface area contributed by atoms with Gasteiger partial charge in [-0.25, -0.2) is 4.39 Å². The number of benzene rings is 1. The van der Waals surface area contributed by atoms with E-state index in [-0.39, 0.29) is 18.5 Å². The van der Waals surface area contributed by atoms with E-state index < -0.39 is 0 Å². The van der Waals surface area contributed by atoms with Crippen molar-refractivity contribution in [1.29, 1.82) is 0 Å². The number of nitrogens with zero attached hydrogens (tertiary/aromatic N) is 1. The number of aliphatic hydroxyl groups excluding tert-OH is 1. The molecule has 0 aliphatic carbocycles. The van der Waals surface area contributed by atoms with Gasteiger partial charge in [0.25, 0.3) is 0 Å².